The average Bonchev–Trinajstić information content (AvgIpc) is 3.27. The molecule has 0 aromatic carbocycles. The van der Waals surface area contributed by atoms with Gasteiger partial charge >= 0.3 is 0 Å². The van der Waals surface area contributed by atoms with E-state index in [0.717, 1.165) is 25.6 Å². The maximum Gasteiger partial charge on any atom is 0.231 e. The molecule has 0 amide bonds. The number of anilines is 3. The third-order valence-corrected chi connectivity index (χ3v) is 4.22. The second-order valence-corrected chi connectivity index (χ2v) is 5.41. The molecule has 1 aliphatic rings. The van der Waals surface area contributed by atoms with Crippen LogP contribution in [0.25, 0.3) is 0 Å². The van der Waals surface area contributed by atoms with Gasteiger partial charge in [-0.25, -0.2) is 0 Å². The van der Waals surface area contributed by atoms with Gasteiger partial charge in [0.25, 0.3) is 0 Å². The highest BCUT2D eigenvalue weighted by Crippen LogP contribution is 2.48. The van der Waals surface area contributed by atoms with Crippen molar-refractivity contribution in [2.75, 3.05) is 42.2 Å². The van der Waals surface area contributed by atoms with Crippen LogP contribution in [0.15, 0.2) is 0 Å². The molecule has 0 atom stereocenters. The SMILES string of the molecule is CCN(CC)c1nc(NC)nc(NCC2(CC)CC2)n1. The molecule has 0 aliphatic heterocycles. The zero-order valence-corrected chi connectivity index (χ0v) is 13.0. The quantitative estimate of drug-likeness (QED) is 0.761. The van der Waals surface area contributed by atoms with Crippen LogP contribution in [0, 0.1) is 5.41 Å². The molecule has 1 saturated carbocycles. The van der Waals surface area contributed by atoms with Crippen LogP contribution in [0.4, 0.5) is 17.8 Å². The third kappa shape index (κ3) is 3.29. The summed E-state index contributed by atoms with van der Waals surface area (Å²) in [6.45, 7) is 9.20. The molecule has 1 aromatic rings. The summed E-state index contributed by atoms with van der Waals surface area (Å²) in [5.74, 6) is 2.02. The molecular weight excluding hydrogens is 252 g/mol. The van der Waals surface area contributed by atoms with E-state index < -0.39 is 0 Å². The van der Waals surface area contributed by atoms with Crippen molar-refractivity contribution in [2.24, 2.45) is 5.41 Å². The van der Waals surface area contributed by atoms with Gasteiger partial charge in [0, 0.05) is 26.7 Å². The van der Waals surface area contributed by atoms with Gasteiger partial charge in [0.05, 0.1) is 0 Å². The highest BCUT2D eigenvalue weighted by Gasteiger charge is 2.40. The van der Waals surface area contributed by atoms with E-state index in [1.165, 1.54) is 19.3 Å². The third-order valence-electron chi connectivity index (χ3n) is 4.22. The van der Waals surface area contributed by atoms with Crippen molar-refractivity contribution in [1.82, 2.24) is 15.0 Å². The van der Waals surface area contributed by atoms with Crippen LogP contribution in [0.2, 0.25) is 0 Å². The average molecular weight is 278 g/mol. The van der Waals surface area contributed by atoms with E-state index in [1.54, 1.807) is 0 Å². The van der Waals surface area contributed by atoms with Crippen LogP contribution in [0.1, 0.15) is 40.0 Å². The smallest absolute Gasteiger partial charge is 0.231 e. The summed E-state index contributed by atoms with van der Waals surface area (Å²) < 4.78 is 0. The standard InChI is InChI=1S/C14H26N6/c1-5-14(8-9-14)10-16-12-17-11(15-4)18-13(19-12)20(6-2)7-3/h5-10H2,1-4H3,(H2,15,16,17,18,19). The van der Waals surface area contributed by atoms with Crippen molar-refractivity contribution >= 4 is 17.8 Å². The Morgan fingerprint density at radius 3 is 2.20 bits per heavy atom. The lowest BCUT2D eigenvalue weighted by atomic mass is 10.0. The molecule has 1 aromatic heterocycles. The van der Waals surface area contributed by atoms with E-state index in [1.807, 2.05) is 7.05 Å². The Hall–Kier alpha value is -1.59. The monoisotopic (exact) mass is 278 g/mol. The van der Waals surface area contributed by atoms with Crippen molar-refractivity contribution in [1.29, 1.82) is 0 Å². The number of hydrogen-bond donors (Lipinski definition) is 2. The molecule has 0 saturated heterocycles. The summed E-state index contributed by atoms with van der Waals surface area (Å²) in [4.78, 5) is 15.5. The molecule has 6 nitrogen and oxygen atoms in total. The second kappa shape index (κ2) is 6.24. The zero-order chi connectivity index (χ0) is 14.6. The maximum absolute atomic E-state index is 4.54. The Kier molecular flexibility index (Phi) is 4.62. The molecule has 0 bridgehead atoms. The first-order valence-corrected chi connectivity index (χ1v) is 7.59. The first-order valence-electron chi connectivity index (χ1n) is 7.59. The van der Waals surface area contributed by atoms with Crippen LogP contribution in [0.3, 0.4) is 0 Å². The van der Waals surface area contributed by atoms with E-state index in [2.05, 4.69) is 51.3 Å². The van der Waals surface area contributed by atoms with Crippen LogP contribution in [-0.4, -0.2) is 41.6 Å². The van der Waals surface area contributed by atoms with Gasteiger partial charge in [-0.1, -0.05) is 6.92 Å². The molecule has 2 N–H and O–H groups in total. The molecule has 0 unspecified atom stereocenters. The van der Waals surface area contributed by atoms with Gasteiger partial charge in [0.2, 0.25) is 17.8 Å². The maximum atomic E-state index is 4.54. The molecule has 0 spiro atoms. The molecule has 1 fully saturated rings. The number of rotatable bonds is 8. The number of nitrogens with zero attached hydrogens (tertiary/aromatic N) is 4. The van der Waals surface area contributed by atoms with Crippen LogP contribution in [-0.2, 0) is 0 Å². The van der Waals surface area contributed by atoms with Crippen molar-refractivity contribution < 1.29 is 0 Å². The first kappa shape index (κ1) is 14.8. The van der Waals surface area contributed by atoms with E-state index >= 15 is 0 Å². The number of hydrogen-bond acceptors (Lipinski definition) is 6. The van der Waals surface area contributed by atoms with Gasteiger partial charge in [0.1, 0.15) is 0 Å². The summed E-state index contributed by atoms with van der Waals surface area (Å²) in [5, 5.41) is 6.40. The molecule has 1 heterocycles. The van der Waals surface area contributed by atoms with Crippen molar-refractivity contribution in [3.8, 4) is 0 Å². The van der Waals surface area contributed by atoms with Gasteiger partial charge in [-0.3, -0.25) is 0 Å². The van der Waals surface area contributed by atoms with Gasteiger partial charge in [0.15, 0.2) is 0 Å². The van der Waals surface area contributed by atoms with Crippen LogP contribution >= 0.6 is 0 Å². The Morgan fingerprint density at radius 1 is 1.05 bits per heavy atom. The predicted octanol–water partition coefficient (Wildman–Crippen LogP) is 2.36. The first-order chi connectivity index (χ1) is 9.66. The molecule has 1 aliphatic carbocycles. The summed E-state index contributed by atoms with van der Waals surface area (Å²) in [6, 6.07) is 0. The Balaban J connectivity index is 2.13. The highest BCUT2D eigenvalue weighted by molar-refractivity contribution is 5.43. The largest absolute Gasteiger partial charge is 0.357 e. The lowest BCUT2D eigenvalue weighted by molar-refractivity contribution is 0.519. The molecule has 20 heavy (non-hydrogen) atoms. The van der Waals surface area contributed by atoms with Crippen molar-refractivity contribution in [2.45, 2.75) is 40.0 Å². The molecule has 0 radical (unpaired) electrons. The van der Waals surface area contributed by atoms with Gasteiger partial charge < -0.3 is 15.5 Å². The van der Waals surface area contributed by atoms with Gasteiger partial charge in [-0.15, -0.1) is 0 Å². The minimum atomic E-state index is 0.474. The van der Waals surface area contributed by atoms with Gasteiger partial charge in [-0.05, 0) is 38.5 Å². The van der Waals surface area contributed by atoms with E-state index in [-0.39, 0.29) is 0 Å². The topological polar surface area (TPSA) is 66.0 Å². The fourth-order valence-corrected chi connectivity index (χ4v) is 2.30. The Bertz CT molecular complexity index is 439. The van der Waals surface area contributed by atoms with E-state index in [9.17, 15) is 0 Å². The molecule has 6 heteroatoms. The van der Waals surface area contributed by atoms with Crippen molar-refractivity contribution in [3.05, 3.63) is 0 Å². The predicted molar refractivity (Wildman–Crippen MR) is 83.4 cm³/mol. The second-order valence-electron chi connectivity index (χ2n) is 5.41. The minimum absolute atomic E-state index is 0.474. The summed E-state index contributed by atoms with van der Waals surface area (Å²) in [6.07, 6.45) is 3.83. The normalized spacial score (nSPS) is 15.8. The van der Waals surface area contributed by atoms with Gasteiger partial charge in [-0.2, -0.15) is 15.0 Å². The number of aromatic nitrogens is 3. The summed E-state index contributed by atoms with van der Waals surface area (Å²) in [5.41, 5.74) is 0.474. The highest BCUT2D eigenvalue weighted by atomic mass is 15.3. The molecule has 2 rings (SSSR count). The minimum Gasteiger partial charge on any atom is -0.357 e. The Morgan fingerprint density at radius 2 is 1.70 bits per heavy atom. The lowest BCUT2D eigenvalue weighted by Crippen LogP contribution is -2.26. The van der Waals surface area contributed by atoms with E-state index in [0.29, 0.717) is 17.3 Å². The number of nitrogens with one attached hydrogen (secondary N) is 2. The fraction of sp³-hybridized carbons (Fsp3) is 0.786. The lowest BCUT2D eigenvalue weighted by Gasteiger charge is -2.20. The zero-order valence-electron chi connectivity index (χ0n) is 13.0. The van der Waals surface area contributed by atoms with Crippen LogP contribution < -0.4 is 15.5 Å². The molecular formula is C14H26N6. The van der Waals surface area contributed by atoms with Crippen LogP contribution in [0.5, 0.6) is 0 Å². The van der Waals surface area contributed by atoms with E-state index in [4.69, 9.17) is 0 Å². The Labute approximate surface area is 121 Å². The summed E-state index contributed by atoms with van der Waals surface area (Å²) >= 11 is 0. The summed E-state index contributed by atoms with van der Waals surface area (Å²) in [7, 11) is 1.83. The fourth-order valence-electron chi connectivity index (χ4n) is 2.30. The van der Waals surface area contributed by atoms with Crippen molar-refractivity contribution in [3.63, 3.8) is 0 Å². The molecule has 112 valence electrons.